The molecule has 5 nitrogen and oxygen atoms in total. The van der Waals surface area contributed by atoms with Gasteiger partial charge in [-0.1, -0.05) is 6.92 Å². The Morgan fingerprint density at radius 2 is 2.15 bits per heavy atom. The number of nitrogens with one attached hydrogen (secondary N) is 1. The van der Waals surface area contributed by atoms with Crippen LogP contribution in [0.4, 0.5) is 5.13 Å². The number of aromatic nitrogens is 1. The SMILES string of the molecule is Cc1cnc(NC(=O)CCC2CC(O)C3(C)CCC4c5cc(Br)c(O)c(Br)c5CCC4C23)s1. The second kappa shape index (κ2) is 8.92. The number of carbonyl (C=O) groups excluding carboxylic acids is 1. The molecule has 0 aliphatic heterocycles. The molecule has 1 amide bonds. The molecule has 6 unspecified atom stereocenters. The number of benzene rings is 1. The van der Waals surface area contributed by atoms with E-state index >= 15 is 0 Å². The summed E-state index contributed by atoms with van der Waals surface area (Å²) in [6, 6.07) is 2.11. The smallest absolute Gasteiger partial charge is 0.226 e. The summed E-state index contributed by atoms with van der Waals surface area (Å²) in [5.74, 6) is 1.96. The van der Waals surface area contributed by atoms with E-state index in [2.05, 4.69) is 55.2 Å². The number of halogens is 2. The summed E-state index contributed by atoms with van der Waals surface area (Å²) < 4.78 is 1.55. The number of anilines is 1. The fourth-order valence-electron chi connectivity index (χ4n) is 7.10. The Bertz CT molecular complexity index is 1090. The number of hydrogen-bond donors (Lipinski definition) is 3. The first kappa shape index (κ1) is 23.8. The van der Waals surface area contributed by atoms with Crippen LogP contribution in [0.3, 0.4) is 0 Å². The molecule has 2 aromatic rings. The molecule has 6 atom stereocenters. The summed E-state index contributed by atoms with van der Waals surface area (Å²) >= 11 is 8.65. The van der Waals surface area contributed by atoms with Crippen molar-refractivity contribution < 1.29 is 15.0 Å². The largest absolute Gasteiger partial charge is 0.506 e. The number of phenols is 1. The Kier molecular flexibility index (Phi) is 6.42. The van der Waals surface area contributed by atoms with Crippen molar-refractivity contribution in [2.24, 2.45) is 23.2 Å². The van der Waals surface area contributed by atoms with Crippen molar-refractivity contribution in [2.75, 3.05) is 5.32 Å². The number of carbonyl (C=O) groups is 1. The Labute approximate surface area is 215 Å². The number of amides is 1. The van der Waals surface area contributed by atoms with E-state index in [1.807, 2.05) is 6.92 Å². The Morgan fingerprint density at radius 3 is 2.88 bits per heavy atom. The normalized spacial score (nSPS) is 32.7. The van der Waals surface area contributed by atoms with Gasteiger partial charge in [0, 0.05) is 17.5 Å². The summed E-state index contributed by atoms with van der Waals surface area (Å²) in [5.41, 5.74) is 2.48. The minimum atomic E-state index is -0.308. The van der Waals surface area contributed by atoms with Crippen LogP contribution in [0.1, 0.15) is 67.4 Å². The molecule has 1 aromatic heterocycles. The number of nitrogens with zero attached hydrogens (tertiary/aromatic N) is 1. The van der Waals surface area contributed by atoms with E-state index in [1.165, 1.54) is 22.5 Å². The zero-order chi connectivity index (χ0) is 23.5. The van der Waals surface area contributed by atoms with Crippen molar-refractivity contribution in [1.82, 2.24) is 4.98 Å². The highest BCUT2D eigenvalue weighted by Crippen LogP contribution is 2.64. The second-order valence-corrected chi connectivity index (χ2v) is 13.2. The van der Waals surface area contributed by atoms with Gasteiger partial charge in [-0.25, -0.2) is 4.98 Å². The molecule has 3 N–H and O–H groups in total. The van der Waals surface area contributed by atoms with Crippen molar-refractivity contribution in [3.63, 3.8) is 0 Å². The van der Waals surface area contributed by atoms with Crippen LogP contribution in [0.5, 0.6) is 5.75 Å². The molecule has 1 heterocycles. The van der Waals surface area contributed by atoms with Crippen LogP contribution in [0.2, 0.25) is 0 Å². The van der Waals surface area contributed by atoms with Gasteiger partial charge in [-0.2, -0.15) is 0 Å². The van der Waals surface area contributed by atoms with Crippen LogP contribution in [0, 0.1) is 30.1 Å². The molecule has 178 valence electrons. The molecule has 2 saturated carbocycles. The fourth-order valence-corrected chi connectivity index (χ4v) is 9.14. The van der Waals surface area contributed by atoms with Gasteiger partial charge in [0.15, 0.2) is 5.13 Å². The number of aromatic hydroxyl groups is 1. The quantitative estimate of drug-likeness (QED) is 0.373. The van der Waals surface area contributed by atoms with Crippen LogP contribution >= 0.6 is 43.2 Å². The van der Waals surface area contributed by atoms with E-state index < -0.39 is 0 Å². The zero-order valence-corrected chi connectivity index (χ0v) is 22.9. The third-order valence-electron chi connectivity index (χ3n) is 8.60. The number of hydrogen-bond acceptors (Lipinski definition) is 5. The lowest BCUT2D eigenvalue weighted by Crippen LogP contribution is -2.45. The van der Waals surface area contributed by atoms with E-state index in [-0.39, 0.29) is 23.2 Å². The van der Waals surface area contributed by atoms with Crippen LogP contribution in [0.15, 0.2) is 21.2 Å². The molecule has 3 aliphatic rings. The predicted octanol–water partition coefficient (Wildman–Crippen LogP) is 6.54. The van der Waals surface area contributed by atoms with E-state index in [9.17, 15) is 15.0 Å². The standard InChI is InChI=1S/C25H30Br2N2O3S/c1-12-11-28-24(33-12)29-20(31)6-3-13-9-19(30)25(2)8-7-14-15(21(13)25)4-5-16-17(14)10-18(26)23(32)22(16)27/h10-11,13-15,19,21,30,32H,3-9H2,1-2H3,(H,28,29,31). The van der Waals surface area contributed by atoms with E-state index in [0.717, 1.165) is 52.3 Å². The minimum absolute atomic E-state index is 0.0112. The highest BCUT2D eigenvalue weighted by molar-refractivity contribution is 9.11. The first-order valence-corrected chi connectivity index (χ1v) is 14.2. The lowest BCUT2D eigenvalue weighted by atomic mass is 9.53. The van der Waals surface area contributed by atoms with Gasteiger partial charge in [0.2, 0.25) is 5.91 Å². The summed E-state index contributed by atoms with van der Waals surface area (Å²) in [6.07, 6.45) is 7.55. The number of phenolic OH excluding ortho intramolecular Hbond substituents is 1. The molecule has 8 heteroatoms. The number of aryl methyl sites for hydroxylation is 1. The molecule has 0 saturated heterocycles. The van der Waals surface area contributed by atoms with Crippen molar-refractivity contribution in [3.8, 4) is 5.75 Å². The molecule has 0 spiro atoms. The highest BCUT2D eigenvalue weighted by atomic mass is 79.9. The van der Waals surface area contributed by atoms with Gasteiger partial charge in [-0.3, -0.25) is 4.79 Å². The fraction of sp³-hybridized carbons (Fsp3) is 0.600. The van der Waals surface area contributed by atoms with Gasteiger partial charge in [0.05, 0.1) is 15.0 Å². The van der Waals surface area contributed by atoms with Gasteiger partial charge < -0.3 is 15.5 Å². The Hall–Kier alpha value is -0.960. The Balaban J connectivity index is 1.36. The minimum Gasteiger partial charge on any atom is -0.506 e. The first-order valence-electron chi connectivity index (χ1n) is 11.8. The van der Waals surface area contributed by atoms with Gasteiger partial charge in [0.25, 0.3) is 0 Å². The molecule has 1 aromatic carbocycles. The maximum atomic E-state index is 12.6. The van der Waals surface area contributed by atoms with Gasteiger partial charge in [0.1, 0.15) is 5.75 Å². The van der Waals surface area contributed by atoms with Crippen LogP contribution < -0.4 is 5.32 Å². The lowest BCUT2D eigenvalue weighted by molar-refractivity contribution is -0.116. The van der Waals surface area contributed by atoms with Gasteiger partial charge in [-0.15, -0.1) is 11.3 Å². The molecule has 0 radical (unpaired) electrons. The summed E-state index contributed by atoms with van der Waals surface area (Å²) in [4.78, 5) is 17.9. The van der Waals surface area contributed by atoms with Gasteiger partial charge in [-0.05, 0) is 124 Å². The molecule has 33 heavy (non-hydrogen) atoms. The van der Waals surface area contributed by atoms with E-state index in [1.54, 1.807) is 6.20 Å². The van der Waals surface area contributed by atoms with Crippen molar-refractivity contribution in [2.45, 2.75) is 70.8 Å². The second-order valence-electron chi connectivity index (χ2n) is 10.3. The molecule has 3 aliphatic carbocycles. The third kappa shape index (κ3) is 4.09. The van der Waals surface area contributed by atoms with Crippen molar-refractivity contribution in [1.29, 1.82) is 0 Å². The monoisotopic (exact) mass is 596 g/mol. The number of thiazole rings is 1. The molecule has 0 bridgehead atoms. The summed E-state index contributed by atoms with van der Waals surface area (Å²) in [7, 11) is 0. The maximum absolute atomic E-state index is 12.6. The predicted molar refractivity (Wildman–Crippen MR) is 138 cm³/mol. The summed E-state index contributed by atoms with van der Waals surface area (Å²) in [5, 5.41) is 25.1. The van der Waals surface area contributed by atoms with E-state index in [0.29, 0.717) is 35.2 Å². The Morgan fingerprint density at radius 1 is 1.36 bits per heavy atom. The van der Waals surface area contributed by atoms with E-state index in [4.69, 9.17) is 0 Å². The number of aliphatic hydroxyl groups is 1. The lowest BCUT2D eigenvalue weighted by Gasteiger charge is -2.51. The maximum Gasteiger partial charge on any atom is 0.226 e. The average Bonchev–Trinajstić information content (AvgIpc) is 3.30. The third-order valence-corrected chi connectivity index (χ3v) is 10.9. The molecule has 5 rings (SSSR count). The average molecular weight is 598 g/mol. The van der Waals surface area contributed by atoms with Crippen molar-refractivity contribution in [3.05, 3.63) is 37.2 Å². The molecular weight excluding hydrogens is 568 g/mol. The zero-order valence-electron chi connectivity index (χ0n) is 18.9. The topological polar surface area (TPSA) is 82.5 Å². The highest BCUT2D eigenvalue weighted by Gasteiger charge is 2.58. The van der Waals surface area contributed by atoms with Crippen LogP contribution in [-0.2, 0) is 11.2 Å². The van der Waals surface area contributed by atoms with Gasteiger partial charge >= 0.3 is 0 Å². The van der Waals surface area contributed by atoms with Crippen LogP contribution in [0.25, 0.3) is 0 Å². The van der Waals surface area contributed by atoms with Crippen LogP contribution in [-0.4, -0.2) is 27.2 Å². The van der Waals surface area contributed by atoms with Crippen molar-refractivity contribution >= 4 is 54.2 Å². The number of rotatable bonds is 4. The molecule has 2 fully saturated rings. The number of aliphatic hydroxyl groups excluding tert-OH is 1. The summed E-state index contributed by atoms with van der Waals surface area (Å²) in [6.45, 7) is 4.25. The molecular formula is C25H30Br2N2O3S. The first-order chi connectivity index (χ1) is 15.7. The number of fused-ring (bicyclic) bond motifs is 5.